The summed E-state index contributed by atoms with van der Waals surface area (Å²) in [4.78, 5) is 16.3. The number of aromatic nitrogens is 1. The first kappa shape index (κ1) is 19.1. The Morgan fingerprint density at radius 3 is 2.92 bits per heavy atom. The fraction of sp³-hybridized carbons (Fsp3) is 0.368. The van der Waals surface area contributed by atoms with Crippen molar-refractivity contribution in [3.63, 3.8) is 0 Å². The summed E-state index contributed by atoms with van der Waals surface area (Å²) in [6.45, 7) is 3.75. The average molecular weight is 360 g/mol. The van der Waals surface area contributed by atoms with E-state index in [9.17, 15) is 4.79 Å². The normalized spacial score (nSPS) is 11.0. The van der Waals surface area contributed by atoms with Crippen molar-refractivity contribution in [2.24, 2.45) is 0 Å². The van der Waals surface area contributed by atoms with Crippen LogP contribution in [0.4, 0.5) is 0 Å². The van der Waals surface area contributed by atoms with Gasteiger partial charge in [-0.25, -0.2) is 4.98 Å². The lowest BCUT2D eigenvalue weighted by atomic mass is 10.2. The summed E-state index contributed by atoms with van der Waals surface area (Å²) in [7, 11) is 1.68. The molecule has 0 fully saturated rings. The van der Waals surface area contributed by atoms with Crippen molar-refractivity contribution in [3.05, 3.63) is 52.0 Å². The van der Waals surface area contributed by atoms with Gasteiger partial charge in [-0.3, -0.25) is 4.79 Å². The highest BCUT2D eigenvalue weighted by Crippen LogP contribution is 2.21. The number of ether oxygens (including phenoxy) is 2. The Kier molecular flexibility index (Phi) is 8.15. The van der Waals surface area contributed by atoms with Gasteiger partial charge in [-0.15, -0.1) is 11.3 Å². The van der Waals surface area contributed by atoms with Gasteiger partial charge in [-0.1, -0.05) is 18.2 Å². The molecule has 2 rings (SSSR count). The lowest BCUT2D eigenvalue weighted by Gasteiger charge is -2.08. The molecule has 1 heterocycles. The first-order valence-corrected chi connectivity index (χ1v) is 9.14. The van der Waals surface area contributed by atoms with Gasteiger partial charge in [0.15, 0.2) is 0 Å². The van der Waals surface area contributed by atoms with Crippen molar-refractivity contribution in [3.8, 4) is 5.75 Å². The third-order valence-electron chi connectivity index (χ3n) is 3.45. The Hall–Kier alpha value is -2.18. The van der Waals surface area contributed by atoms with Crippen LogP contribution in [0, 0.1) is 6.92 Å². The first-order chi connectivity index (χ1) is 12.2. The van der Waals surface area contributed by atoms with Gasteiger partial charge < -0.3 is 14.8 Å². The van der Waals surface area contributed by atoms with Gasteiger partial charge in [0.05, 0.1) is 10.7 Å². The van der Waals surface area contributed by atoms with Gasteiger partial charge in [-0.05, 0) is 31.9 Å². The highest BCUT2D eigenvalue weighted by Gasteiger charge is 2.04. The van der Waals surface area contributed by atoms with E-state index in [-0.39, 0.29) is 5.91 Å². The van der Waals surface area contributed by atoms with E-state index in [4.69, 9.17) is 9.47 Å². The Balaban J connectivity index is 1.85. The minimum atomic E-state index is -0.109. The van der Waals surface area contributed by atoms with Crippen LogP contribution >= 0.6 is 11.3 Å². The number of carbonyl (C=O) groups is 1. The Labute approximate surface area is 152 Å². The molecule has 0 radical (unpaired) electrons. The zero-order chi connectivity index (χ0) is 17.9. The van der Waals surface area contributed by atoms with Crippen LogP contribution in [-0.2, 0) is 16.1 Å². The number of hydrogen-bond acceptors (Lipinski definition) is 5. The number of hydrogen-bond donors (Lipinski definition) is 1. The largest absolute Gasteiger partial charge is 0.487 e. The fourth-order valence-corrected chi connectivity index (χ4v) is 2.78. The predicted molar refractivity (Wildman–Crippen MR) is 101 cm³/mol. The molecule has 0 aliphatic heterocycles. The summed E-state index contributed by atoms with van der Waals surface area (Å²) >= 11 is 1.60. The number of methoxy groups -OCH3 is 1. The van der Waals surface area contributed by atoms with E-state index >= 15 is 0 Å². The second kappa shape index (κ2) is 10.6. The number of rotatable bonds is 10. The molecule has 0 spiro atoms. The molecule has 134 valence electrons. The van der Waals surface area contributed by atoms with E-state index in [1.165, 1.54) is 6.08 Å². The third kappa shape index (κ3) is 7.07. The summed E-state index contributed by atoms with van der Waals surface area (Å²) in [6.07, 6.45) is 5.14. The quantitative estimate of drug-likeness (QED) is 0.520. The lowest BCUT2D eigenvalue weighted by molar-refractivity contribution is -0.116. The predicted octanol–water partition coefficient (Wildman–Crippen LogP) is 3.59. The number of amides is 1. The van der Waals surface area contributed by atoms with Crippen LogP contribution in [-0.4, -0.2) is 31.2 Å². The maximum Gasteiger partial charge on any atom is 0.244 e. The molecule has 6 heteroatoms. The van der Waals surface area contributed by atoms with Crippen LogP contribution in [0.1, 0.15) is 29.1 Å². The van der Waals surface area contributed by atoms with Crippen LogP contribution in [0.15, 0.2) is 35.7 Å². The molecule has 0 atom stereocenters. The Bertz CT molecular complexity index is 697. The van der Waals surface area contributed by atoms with Crippen molar-refractivity contribution in [2.45, 2.75) is 26.4 Å². The molecule has 0 unspecified atom stereocenters. The van der Waals surface area contributed by atoms with Crippen molar-refractivity contribution < 1.29 is 14.3 Å². The summed E-state index contributed by atoms with van der Waals surface area (Å²) in [5.74, 6) is 0.625. The maximum absolute atomic E-state index is 11.9. The molecule has 5 nitrogen and oxygen atoms in total. The van der Waals surface area contributed by atoms with E-state index in [2.05, 4.69) is 10.3 Å². The smallest absolute Gasteiger partial charge is 0.244 e. The second-order valence-electron chi connectivity index (χ2n) is 5.51. The highest BCUT2D eigenvalue weighted by molar-refractivity contribution is 7.09. The van der Waals surface area contributed by atoms with E-state index < -0.39 is 0 Å². The van der Waals surface area contributed by atoms with Gasteiger partial charge in [0.1, 0.15) is 12.4 Å². The van der Waals surface area contributed by atoms with Gasteiger partial charge in [-0.2, -0.15) is 0 Å². The molecule has 0 aliphatic rings. The van der Waals surface area contributed by atoms with Crippen LogP contribution in [0.25, 0.3) is 6.08 Å². The molecule has 0 bridgehead atoms. The zero-order valence-electron chi connectivity index (χ0n) is 14.7. The van der Waals surface area contributed by atoms with E-state index in [1.807, 2.05) is 36.6 Å². The van der Waals surface area contributed by atoms with Gasteiger partial charge in [0.2, 0.25) is 5.91 Å². The number of unbranched alkanes of at least 4 members (excludes halogenated alkanes) is 1. The van der Waals surface area contributed by atoms with Crippen LogP contribution in [0.3, 0.4) is 0 Å². The number of benzene rings is 1. The number of thiazole rings is 1. The number of nitrogens with zero attached hydrogens (tertiary/aromatic N) is 1. The summed E-state index contributed by atoms with van der Waals surface area (Å²) in [5.41, 5.74) is 1.78. The zero-order valence-corrected chi connectivity index (χ0v) is 15.5. The van der Waals surface area contributed by atoms with Gasteiger partial charge in [0.25, 0.3) is 0 Å². The summed E-state index contributed by atoms with van der Waals surface area (Å²) in [5, 5.41) is 5.87. The average Bonchev–Trinajstić information content (AvgIpc) is 3.04. The second-order valence-corrected chi connectivity index (χ2v) is 6.57. The van der Waals surface area contributed by atoms with Crippen LogP contribution < -0.4 is 10.1 Å². The summed E-state index contributed by atoms with van der Waals surface area (Å²) < 4.78 is 10.8. The molecule has 0 saturated heterocycles. The molecule has 2 aromatic rings. The third-order valence-corrected chi connectivity index (χ3v) is 4.27. The van der Waals surface area contributed by atoms with Crippen molar-refractivity contribution in [1.29, 1.82) is 0 Å². The van der Waals surface area contributed by atoms with Gasteiger partial charge >= 0.3 is 0 Å². The first-order valence-electron chi connectivity index (χ1n) is 8.26. The number of para-hydroxylation sites is 1. The molecule has 1 N–H and O–H groups in total. The van der Waals surface area contributed by atoms with E-state index in [0.29, 0.717) is 13.2 Å². The van der Waals surface area contributed by atoms with Crippen LogP contribution in [0.5, 0.6) is 5.75 Å². The Morgan fingerprint density at radius 1 is 1.32 bits per heavy atom. The van der Waals surface area contributed by atoms with Gasteiger partial charge in [0, 0.05) is 37.3 Å². The minimum Gasteiger partial charge on any atom is -0.487 e. The van der Waals surface area contributed by atoms with Crippen molar-refractivity contribution in [1.82, 2.24) is 10.3 Å². The molecule has 1 amide bonds. The van der Waals surface area contributed by atoms with E-state index in [1.54, 1.807) is 24.5 Å². The fourth-order valence-electron chi connectivity index (χ4n) is 2.18. The topological polar surface area (TPSA) is 60.5 Å². The minimum absolute atomic E-state index is 0.109. The maximum atomic E-state index is 11.9. The summed E-state index contributed by atoms with van der Waals surface area (Å²) in [6, 6.07) is 7.64. The van der Waals surface area contributed by atoms with Crippen LogP contribution in [0.2, 0.25) is 0 Å². The number of nitrogens with one attached hydrogen (secondary N) is 1. The molecule has 1 aromatic carbocycles. The lowest BCUT2D eigenvalue weighted by Crippen LogP contribution is -2.22. The monoisotopic (exact) mass is 360 g/mol. The number of aryl methyl sites for hydroxylation is 1. The highest BCUT2D eigenvalue weighted by atomic mass is 32.1. The SMILES string of the molecule is COCCCCNC(=O)/C=C/c1ccccc1OCc1csc(C)n1. The Morgan fingerprint density at radius 2 is 2.16 bits per heavy atom. The molecule has 1 aromatic heterocycles. The molecule has 25 heavy (non-hydrogen) atoms. The van der Waals surface area contributed by atoms with Crippen molar-refractivity contribution in [2.75, 3.05) is 20.3 Å². The molecule has 0 aliphatic carbocycles. The van der Waals surface area contributed by atoms with Crippen molar-refractivity contribution >= 4 is 23.3 Å². The number of carbonyl (C=O) groups excluding carboxylic acids is 1. The standard InChI is InChI=1S/C19H24N2O3S/c1-15-21-17(14-25-15)13-24-18-8-4-3-7-16(18)9-10-19(22)20-11-5-6-12-23-2/h3-4,7-10,14H,5-6,11-13H2,1-2H3,(H,20,22)/b10-9+. The van der Waals surface area contributed by atoms with E-state index in [0.717, 1.165) is 41.5 Å². The molecular weight excluding hydrogens is 336 g/mol. The molecular formula is C19H24N2O3S. The molecule has 0 saturated carbocycles.